The molecule has 1 amide bonds. The molecule has 0 bridgehead atoms. The summed E-state index contributed by atoms with van der Waals surface area (Å²) in [5.74, 6) is 0.292. The zero-order chi connectivity index (χ0) is 33.5. The SMILES string of the molecule is CC1(C)CC[C@]2(CC(=O)NC(Cc3ccc(Cl)cc3)C(=O)O)CC[C@]3(C)C(=CC[C@@H]4[C@@]5(C)CC[C@H](O)C(C)(C)[C@@H]5CC[C@]43C)[C@@H]2C1. The van der Waals surface area contributed by atoms with Gasteiger partial charge in [-0.25, -0.2) is 4.79 Å². The molecule has 0 spiro atoms. The molecule has 1 aromatic rings. The first-order valence-electron chi connectivity index (χ1n) is 18.0. The Kier molecular flexibility index (Phi) is 8.40. The third kappa shape index (κ3) is 5.29. The Hall–Kier alpha value is -1.85. The molecule has 5 aliphatic rings. The second-order valence-corrected chi connectivity index (χ2v) is 18.9. The monoisotopic (exact) mass is 651 g/mol. The average Bonchev–Trinajstić information content (AvgIpc) is 2.97. The number of hydrogen-bond acceptors (Lipinski definition) is 3. The van der Waals surface area contributed by atoms with Crippen LogP contribution in [0.4, 0.5) is 0 Å². The van der Waals surface area contributed by atoms with E-state index in [0.29, 0.717) is 29.2 Å². The summed E-state index contributed by atoms with van der Waals surface area (Å²) < 4.78 is 0. The number of benzene rings is 1. The number of carbonyl (C=O) groups excluding carboxylic acids is 1. The van der Waals surface area contributed by atoms with Gasteiger partial charge in [0.25, 0.3) is 0 Å². The fourth-order valence-electron chi connectivity index (χ4n) is 12.3. The van der Waals surface area contributed by atoms with E-state index in [1.54, 1.807) is 17.7 Å². The van der Waals surface area contributed by atoms with E-state index in [2.05, 4.69) is 59.9 Å². The Morgan fingerprint density at radius 2 is 1.59 bits per heavy atom. The minimum absolute atomic E-state index is 0.0664. The van der Waals surface area contributed by atoms with Crippen molar-refractivity contribution in [3.8, 4) is 0 Å². The van der Waals surface area contributed by atoms with E-state index < -0.39 is 12.0 Å². The number of carboxylic acid groups (broad SMARTS) is 1. The molecular formula is C40H58ClNO4. The molecule has 3 N–H and O–H groups in total. The lowest BCUT2D eigenvalue weighted by atomic mass is 9.33. The van der Waals surface area contributed by atoms with Gasteiger partial charge in [-0.05, 0) is 132 Å². The maximum atomic E-state index is 13.9. The molecule has 254 valence electrons. The van der Waals surface area contributed by atoms with Gasteiger partial charge < -0.3 is 15.5 Å². The standard InChI is InChI=1S/C40H58ClNO4/c1-35(2)18-20-40(24-33(44)42-29(34(45)46)22-25-8-10-26(41)11-9-25)21-19-38(6)27(28(40)23-35)12-13-31-37(5)16-15-32(43)36(3,4)30(37)14-17-39(31,38)7/h8-12,28-32,43H,13-24H2,1-7H3,(H,42,44)(H,45,46)/t28-,29?,30-,31+,32-,37-,38+,39+,40+/m0/s1. The fraction of sp³-hybridized carbons (Fsp3) is 0.750. The van der Waals surface area contributed by atoms with Crippen LogP contribution in [-0.2, 0) is 16.0 Å². The summed E-state index contributed by atoms with van der Waals surface area (Å²) in [6, 6.07) is 6.22. The Morgan fingerprint density at radius 3 is 2.26 bits per heavy atom. The number of carbonyl (C=O) groups is 2. The highest BCUT2D eigenvalue weighted by Gasteiger charge is 2.68. The zero-order valence-corrected chi connectivity index (χ0v) is 30.1. The highest BCUT2D eigenvalue weighted by molar-refractivity contribution is 6.30. The molecule has 0 saturated heterocycles. The molecule has 6 heteroatoms. The molecule has 1 unspecified atom stereocenters. The Morgan fingerprint density at radius 1 is 0.913 bits per heavy atom. The van der Waals surface area contributed by atoms with Gasteiger partial charge in [0.2, 0.25) is 5.91 Å². The molecule has 4 saturated carbocycles. The first-order chi connectivity index (χ1) is 21.4. The van der Waals surface area contributed by atoms with Crippen molar-refractivity contribution in [1.82, 2.24) is 5.32 Å². The number of aliphatic carboxylic acids is 1. The van der Waals surface area contributed by atoms with Gasteiger partial charge in [-0.1, -0.05) is 83.8 Å². The first kappa shape index (κ1) is 34.0. The summed E-state index contributed by atoms with van der Waals surface area (Å²) >= 11 is 6.05. The number of allylic oxidation sites excluding steroid dienone is 2. The third-order valence-electron chi connectivity index (χ3n) is 15.3. The maximum absolute atomic E-state index is 13.9. The van der Waals surface area contributed by atoms with Crippen LogP contribution >= 0.6 is 11.6 Å². The number of amides is 1. The number of aliphatic hydroxyl groups excluding tert-OH is 1. The minimum Gasteiger partial charge on any atom is -0.480 e. The Bertz CT molecular complexity index is 1400. The molecule has 5 aliphatic carbocycles. The van der Waals surface area contributed by atoms with E-state index in [9.17, 15) is 19.8 Å². The van der Waals surface area contributed by atoms with Crippen LogP contribution < -0.4 is 5.32 Å². The van der Waals surface area contributed by atoms with Gasteiger partial charge in [0, 0.05) is 17.9 Å². The summed E-state index contributed by atoms with van der Waals surface area (Å²) in [6.45, 7) is 17.1. The summed E-state index contributed by atoms with van der Waals surface area (Å²) in [5, 5.41) is 24.7. The second-order valence-electron chi connectivity index (χ2n) is 18.4. The van der Waals surface area contributed by atoms with Crippen LogP contribution in [0.2, 0.25) is 5.02 Å². The van der Waals surface area contributed by atoms with E-state index in [-0.39, 0.29) is 50.9 Å². The van der Waals surface area contributed by atoms with Gasteiger partial charge in [0.1, 0.15) is 6.04 Å². The number of aliphatic hydroxyl groups is 1. The van der Waals surface area contributed by atoms with E-state index in [1.165, 1.54) is 12.8 Å². The quantitative estimate of drug-likeness (QED) is 0.268. The smallest absolute Gasteiger partial charge is 0.326 e. The van der Waals surface area contributed by atoms with Gasteiger partial charge >= 0.3 is 5.97 Å². The van der Waals surface area contributed by atoms with E-state index in [1.807, 2.05) is 12.1 Å². The lowest BCUT2D eigenvalue weighted by Gasteiger charge is -2.71. The van der Waals surface area contributed by atoms with Crippen LogP contribution in [0.3, 0.4) is 0 Å². The maximum Gasteiger partial charge on any atom is 0.326 e. The number of halogens is 1. The van der Waals surface area contributed by atoms with Crippen LogP contribution in [0.15, 0.2) is 35.9 Å². The van der Waals surface area contributed by atoms with Crippen molar-refractivity contribution in [2.75, 3.05) is 0 Å². The molecule has 1 aromatic carbocycles. The van der Waals surface area contributed by atoms with E-state index in [4.69, 9.17) is 11.6 Å². The molecule has 9 atom stereocenters. The highest BCUT2D eigenvalue weighted by Crippen LogP contribution is 2.76. The molecule has 4 fully saturated rings. The predicted octanol–water partition coefficient (Wildman–Crippen LogP) is 9.00. The minimum atomic E-state index is -1.00. The van der Waals surface area contributed by atoms with Gasteiger partial charge in [-0.3, -0.25) is 4.79 Å². The summed E-state index contributed by atoms with van der Waals surface area (Å²) in [7, 11) is 0. The van der Waals surface area contributed by atoms with Crippen molar-refractivity contribution in [1.29, 1.82) is 0 Å². The summed E-state index contributed by atoms with van der Waals surface area (Å²) in [6.07, 6.45) is 13.7. The molecule has 5 nitrogen and oxygen atoms in total. The van der Waals surface area contributed by atoms with Gasteiger partial charge in [0.05, 0.1) is 6.10 Å². The third-order valence-corrected chi connectivity index (χ3v) is 15.5. The lowest BCUT2D eigenvalue weighted by molar-refractivity contribution is -0.203. The van der Waals surface area contributed by atoms with Crippen molar-refractivity contribution in [2.45, 2.75) is 138 Å². The van der Waals surface area contributed by atoms with Crippen molar-refractivity contribution in [2.24, 2.45) is 50.2 Å². The highest BCUT2D eigenvalue weighted by atomic mass is 35.5. The van der Waals surface area contributed by atoms with Crippen LogP contribution in [0.5, 0.6) is 0 Å². The van der Waals surface area contributed by atoms with Gasteiger partial charge in [-0.15, -0.1) is 0 Å². The molecule has 0 heterocycles. The van der Waals surface area contributed by atoms with Crippen molar-refractivity contribution in [3.05, 3.63) is 46.5 Å². The first-order valence-corrected chi connectivity index (χ1v) is 18.4. The number of rotatable bonds is 6. The molecule has 0 radical (unpaired) electrons. The fourth-order valence-corrected chi connectivity index (χ4v) is 12.4. The van der Waals surface area contributed by atoms with E-state index in [0.717, 1.165) is 56.9 Å². The normalized spacial score (nSPS) is 41.5. The number of fused-ring (bicyclic) bond motifs is 7. The lowest BCUT2D eigenvalue weighted by Crippen LogP contribution is -2.64. The molecule has 6 rings (SSSR count). The van der Waals surface area contributed by atoms with Crippen molar-refractivity contribution < 1.29 is 19.8 Å². The molecule has 46 heavy (non-hydrogen) atoms. The van der Waals surface area contributed by atoms with E-state index >= 15 is 0 Å². The predicted molar refractivity (Wildman–Crippen MR) is 184 cm³/mol. The number of hydrogen-bond donors (Lipinski definition) is 3. The largest absolute Gasteiger partial charge is 0.480 e. The van der Waals surface area contributed by atoms with Crippen LogP contribution in [-0.4, -0.2) is 34.2 Å². The zero-order valence-electron chi connectivity index (χ0n) is 29.3. The average molecular weight is 652 g/mol. The topological polar surface area (TPSA) is 86.6 Å². The van der Waals surface area contributed by atoms with Gasteiger partial charge in [0.15, 0.2) is 0 Å². The number of nitrogens with one attached hydrogen (secondary N) is 1. The van der Waals surface area contributed by atoms with Crippen LogP contribution in [0, 0.1) is 50.2 Å². The Balaban J connectivity index is 1.29. The van der Waals surface area contributed by atoms with Crippen molar-refractivity contribution in [3.63, 3.8) is 0 Å². The van der Waals surface area contributed by atoms with Crippen LogP contribution in [0.1, 0.15) is 125 Å². The van der Waals surface area contributed by atoms with Gasteiger partial charge in [-0.2, -0.15) is 0 Å². The molecular weight excluding hydrogens is 594 g/mol. The Labute approximate surface area is 282 Å². The number of carboxylic acids is 1. The molecule has 0 aromatic heterocycles. The van der Waals surface area contributed by atoms with Crippen LogP contribution in [0.25, 0.3) is 0 Å². The second kappa shape index (κ2) is 11.4. The summed E-state index contributed by atoms with van der Waals surface area (Å²) in [4.78, 5) is 26.1. The summed E-state index contributed by atoms with van der Waals surface area (Å²) in [5.41, 5.74) is 2.88. The molecule has 0 aliphatic heterocycles. The van der Waals surface area contributed by atoms with Crippen molar-refractivity contribution >= 4 is 23.5 Å².